The van der Waals surface area contributed by atoms with E-state index in [1.54, 1.807) is 0 Å². The van der Waals surface area contributed by atoms with Crippen LogP contribution in [-0.2, 0) is 22.0 Å². The van der Waals surface area contributed by atoms with E-state index in [0.29, 0.717) is 18.9 Å². The number of nitrogens with zero attached hydrogens (tertiary/aromatic N) is 4. The van der Waals surface area contributed by atoms with Crippen LogP contribution in [0.3, 0.4) is 0 Å². The minimum atomic E-state index is -1.92. The molecule has 0 amide bonds. The van der Waals surface area contributed by atoms with Crippen LogP contribution < -0.4 is 10.5 Å². The van der Waals surface area contributed by atoms with Gasteiger partial charge in [-0.15, -0.1) is 0 Å². The van der Waals surface area contributed by atoms with Gasteiger partial charge in [-0.2, -0.15) is 5.10 Å². The molecule has 10 heteroatoms. The third-order valence-electron chi connectivity index (χ3n) is 10.3. The Hall–Kier alpha value is -2.76. The fourth-order valence-corrected chi connectivity index (χ4v) is 7.62. The van der Waals surface area contributed by atoms with Gasteiger partial charge in [-0.3, -0.25) is 10.1 Å². The van der Waals surface area contributed by atoms with Crippen molar-refractivity contribution in [2.45, 2.75) is 115 Å². The van der Waals surface area contributed by atoms with Crippen molar-refractivity contribution in [3.8, 4) is 17.1 Å². The molecular formula is C37H54N6O2SSi. The summed E-state index contributed by atoms with van der Waals surface area (Å²) in [5.74, 6) is 1.39. The summed E-state index contributed by atoms with van der Waals surface area (Å²) in [6.45, 7) is 20.0. The highest BCUT2D eigenvalue weighted by atomic mass is 32.2. The van der Waals surface area contributed by atoms with Crippen molar-refractivity contribution in [3.63, 3.8) is 0 Å². The zero-order chi connectivity index (χ0) is 34.0. The summed E-state index contributed by atoms with van der Waals surface area (Å²) in [6, 6.07) is 17.0. The van der Waals surface area contributed by atoms with E-state index in [9.17, 15) is 4.21 Å². The first-order chi connectivity index (χ1) is 22.2. The van der Waals surface area contributed by atoms with E-state index >= 15 is 0 Å². The quantitative estimate of drug-likeness (QED) is 0.147. The maximum absolute atomic E-state index is 12.3. The topological polar surface area (TPSA) is 108 Å². The summed E-state index contributed by atoms with van der Waals surface area (Å²) >= 11 is 0. The molecule has 47 heavy (non-hydrogen) atoms. The van der Waals surface area contributed by atoms with Crippen LogP contribution >= 0.6 is 0 Å². The Balaban J connectivity index is 1.57. The number of nitrogens with one attached hydrogen (secondary N) is 1. The van der Waals surface area contributed by atoms with Crippen LogP contribution in [0.15, 0.2) is 54.7 Å². The Morgan fingerprint density at radius 1 is 1.06 bits per heavy atom. The van der Waals surface area contributed by atoms with Crippen molar-refractivity contribution in [2.75, 3.05) is 13.1 Å². The first-order valence-corrected chi connectivity index (χ1v) is 21.3. The lowest BCUT2D eigenvalue weighted by Gasteiger charge is -2.36. The molecule has 4 aromatic rings. The second-order valence-corrected chi connectivity index (χ2v) is 21.8. The Bertz CT molecular complexity index is 1710. The number of pyridine rings is 2. The molecule has 5 rings (SSSR count). The van der Waals surface area contributed by atoms with Crippen molar-refractivity contribution in [1.82, 2.24) is 25.1 Å². The van der Waals surface area contributed by atoms with Gasteiger partial charge >= 0.3 is 0 Å². The molecule has 1 unspecified atom stereocenters. The molecule has 1 aromatic carbocycles. The molecule has 0 aliphatic carbocycles. The van der Waals surface area contributed by atoms with Crippen molar-refractivity contribution in [2.24, 2.45) is 5.14 Å². The molecule has 2 atom stereocenters. The van der Waals surface area contributed by atoms with Gasteiger partial charge < -0.3 is 9.74 Å². The molecule has 1 saturated heterocycles. The molecular weight excluding hydrogens is 621 g/mol. The molecule has 8 nitrogen and oxygen atoms in total. The van der Waals surface area contributed by atoms with E-state index in [4.69, 9.17) is 24.6 Å². The summed E-state index contributed by atoms with van der Waals surface area (Å²) in [7, 11) is -3.34. The molecule has 1 fully saturated rings. The van der Waals surface area contributed by atoms with Crippen molar-refractivity contribution >= 4 is 30.2 Å². The van der Waals surface area contributed by atoms with Gasteiger partial charge in [0, 0.05) is 22.6 Å². The molecule has 1 aliphatic heterocycles. The Morgan fingerprint density at radius 2 is 1.79 bits per heavy atom. The van der Waals surface area contributed by atoms with E-state index in [1.807, 2.05) is 42.9 Å². The number of hydrogen-bond acceptors (Lipinski definition) is 6. The summed E-state index contributed by atoms with van der Waals surface area (Å²) in [5, 5.41) is 15.6. The smallest absolute Gasteiger partial charge is 0.192 e. The molecule has 3 N–H and O–H groups in total. The summed E-state index contributed by atoms with van der Waals surface area (Å²) < 4.78 is 20.3. The fourth-order valence-electron chi connectivity index (χ4n) is 6.31. The number of rotatable bonds is 12. The maximum atomic E-state index is 12.3. The van der Waals surface area contributed by atoms with E-state index in [2.05, 4.69) is 76.4 Å². The highest BCUT2D eigenvalue weighted by Gasteiger charge is 2.37. The number of benzene rings is 1. The van der Waals surface area contributed by atoms with Gasteiger partial charge in [-0.1, -0.05) is 46.2 Å². The first-order valence-electron chi connectivity index (χ1n) is 17.2. The molecule has 0 bridgehead atoms. The lowest BCUT2D eigenvalue weighted by molar-refractivity contribution is 0.272. The van der Waals surface area contributed by atoms with Gasteiger partial charge in [-0.05, 0) is 119 Å². The predicted molar refractivity (Wildman–Crippen MR) is 198 cm³/mol. The van der Waals surface area contributed by atoms with Crippen LogP contribution in [0.25, 0.3) is 28.0 Å². The predicted octanol–water partition coefficient (Wildman–Crippen LogP) is 8.15. The van der Waals surface area contributed by atoms with Crippen LogP contribution in [0.2, 0.25) is 18.1 Å². The van der Waals surface area contributed by atoms with Gasteiger partial charge in [0.25, 0.3) is 0 Å². The average Bonchev–Trinajstić information content (AvgIpc) is 3.47. The van der Waals surface area contributed by atoms with Gasteiger partial charge in [0.15, 0.2) is 14.1 Å². The second-order valence-electron chi connectivity index (χ2n) is 15.3. The van der Waals surface area contributed by atoms with E-state index in [0.717, 1.165) is 78.1 Å². The zero-order valence-electron chi connectivity index (χ0n) is 29.6. The lowest BCUT2D eigenvalue weighted by Crippen LogP contribution is -2.40. The molecule has 1 aliphatic rings. The van der Waals surface area contributed by atoms with E-state index < -0.39 is 24.1 Å². The van der Waals surface area contributed by atoms with Crippen molar-refractivity contribution < 1.29 is 8.63 Å². The van der Waals surface area contributed by atoms with Crippen LogP contribution in [-0.4, -0.2) is 50.1 Å². The normalized spacial score (nSPS) is 16.4. The van der Waals surface area contributed by atoms with Crippen LogP contribution in [0.1, 0.15) is 102 Å². The molecule has 4 heterocycles. The van der Waals surface area contributed by atoms with Gasteiger partial charge in [0.05, 0.1) is 45.4 Å². The molecule has 0 saturated carbocycles. The average molecular weight is 675 g/mol. The van der Waals surface area contributed by atoms with Crippen LogP contribution in [0.4, 0.5) is 0 Å². The largest absolute Gasteiger partial charge is 0.411 e. The molecule has 254 valence electrons. The SMILES string of the molecule is CCC[C@@H](CC(C)(C)S(N)=O)c1cccc(-c2cc(C3CCNCC3)c3cnn(-c4cccc(CO[Si](C)(C)C(C)(C)C)n4)c3c2)n1. The highest BCUT2D eigenvalue weighted by molar-refractivity contribution is 7.84. The number of hydrogen-bond donors (Lipinski definition) is 2. The summed E-state index contributed by atoms with van der Waals surface area (Å²) in [6.07, 6.45) is 6.87. The van der Waals surface area contributed by atoms with Crippen LogP contribution in [0, 0.1) is 0 Å². The summed E-state index contributed by atoms with van der Waals surface area (Å²) in [4.78, 5) is 10.3. The third-order valence-corrected chi connectivity index (χ3v) is 16.0. The van der Waals surface area contributed by atoms with Crippen molar-refractivity contribution in [3.05, 3.63) is 71.7 Å². The Morgan fingerprint density at radius 3 is 2.47 bits per heavy atom. The number of fused-ring (bicyclic) bond motifs is 1. The van der Waals surface area contributed by atoms with E-state index in [1.165, 1.54) is 5.56 Å². The lowest BCUT2D eigenvalue weighted by atomic mass is 9.86. The van der Waals surface area contributed by atoms with Gasteiger partial charge in [0.2, 0.25) is 0 Å². The fraction of sp³-hybridized carbons (Fsp3) is 0.541. The van der Waals surface area contributed by atoms with Gasteiger partial charge in [-0.25, -0.2) is 13.9 Å². The standard InChI is InChI=1S/C37H54N6O2SSi/c1-9-12-27(23-37(5,6)46(38)44)32-14-11-15-33(42-32)28-21-30(26-17-19-39-20-18-26)31-24-40-43(34(31)22-28)35-16-10-13-29(41-35)25-45-47(7,8)36(2,3)4/h10-11,13-16,21-22,24,26-27,39H,9,12,17-20,23,25,38H2,1-8H3/t27-,46?/m0/s1. The minimum Gasteiger partial charge on any atom is -0.411 e. The van der Waals surface area contributed by atoms with Gasteiger partial charge in [0.1, 0.15) is 0 Å². The number of nitrogens with two attached hydrogens (primary N) is 1. The van der Waals surface area contributed by atoms with Crippen molar-refractivity contribution in [1.29, 1.82) is 0 Å². The first kappa shape index (κ1) is 35.5. The second kappa shape index (κ2) is 14.4. The maximum Gasteiger partial charge on any atom is 0.192 e. The number of aromatic nitrogens is 4. The molecule has 0 radical (unpaired) electrons. The third kappa shape index (κ3) is 8.11. The van der Waals surface area contributed by atoms with Crippen LogP contribution in [0.5, 0.6) is 0 Å². The Kier molecular flexibility index (Phi) is 10.9. The molecule has 3 aromatic heterocycles. The zero-order valence-corrected chi connectivity index (χ0v) is 31.4. The monoisotopic (exact) mass is 674 g/mol. The highest BCUT2D eigenvalue weighted by Crippen LogP contribution is 2.39. The van der Waals surface area contributed by atoms with E-state index in [-0.39, 0.29) is 11.0 Å². The minimum absolute atomic E-state index is 0.131. The summed E-state index contributed by atoms with van der Waals surface area (Å²) in [5.41, 5.74) is 6.29. The number of piperidine rings is 1. The molecule has 0 spiro atoms. The Labute approximate surface area is 285 Å².